The van der Waals surface area contributed by atoms with Crippen LogP contribution in [0.5, 0.6) is 0 Å². The number of hydrogen-bond donors (Lipinski definition) is 1. The molecule has 0 spiro atoms. The number of aromatic nitrogens is 2. The molecule has 106 valence electrons. The Hall–Kier alpha value is -2.21. The summed E-state index contributed by atoms with van der Waals surface area (Å²) >= 11 is 0. The van der Waals surface area contributed by atoms with Gasteiger partial charge in [-0.3, -0.25) is 14.8 Å². The van der Waals surface area contributed by atoms with Crippen LogP contribution in [0.3, 0.4) is 0 Å². The monoisotopic (exact) mass is 274 g/mol. The maximum Gasteiger partial charge on any atom is 0.272 e. The summed E-state index contributed by atoms with van der Waals surface area (Å²) in [5, 5.41) is 18.4. The van der Waals surface area contributed by atoms with Gasteiger partial charge in [-0.1, -0.05) is 18.2 Å². The van der Waals surface area contributed by atoms with Crippen molar-refractivity contribution in [3.05, 3.63) is 57.9 Å². The summed E-state index contributed by atoms with van der Waals surface area (Å²) in [6, 6.07) is 8.86. The third kappa shape index (κ3) is 3.89. The van der Waals surface area contributed by atoms with E-state index in [9.17, 15) is 10.1 Å². The highest BCUT2D eigenvalue weighted by Crippen LogP contribution is 2.17. The Balaban J connectivity index is 1.75. The Morgan fingerprint density at radius 3 is 2.70 bits per heavy atom. The van der Waals surface area contributed by atoms with Gasteiger partial charge in [-0.2, -0.15) is 5.10 Å². The summed E-state index contributed by atoms with van der Waals surface area (Å²) in [5.74, 6) is 0. The Morgan fingerprint density at radius 2 is 2.00 bits per heavy atom. The second-order valence-electron chi connectivity index (χ2n) is 4.62. The Kier molecular flexibility index (Phi) is 4.84. The number of nitrogens with zero attached hydrogens (tertiary/aromatic N) is 3. The van der Waals surface area contributed by atoms with E-state index >= 15 is 0 Å². The van der Waals surface area contributed by atoms with Gasteiger partial charge in [0, 0.05) is 37.8 Å². The molecule has 0 saturated carbocycles. The molecular weight excluding hydrogens is 256 g/mol. The van der Waals surface area contributed by atoms with Crippen molar-refractivity contribution in [2.75, 3.05) is 13.1 Å². The SMILES string of the molecule is Cn1ccc(CCNCCc2ccccc2[N+](=O)[O-])n1. The van der Waals surface area contributed by atoms with Crippen LogP contribution >= 0.6 is 0 Å². The first kappa shape index (κ1) is 14.2. The van der Waals surface area contributed by atoms with Gasteiger partial charge >= 0.3 is 0 Å². The molecule has 0 bridgehead atoms. The maximum atomic E-state index is 10.9. The van der Waals surface area contributed by atoms with Crippen LogP contribution in [0, 0.1) is 10.1 Å². The van der Waals surface area contributed by atoms with Crippen molar-refractivity contribution in [1.29, 1.82) is 0 Å². The molecule has 0 fully saturated rings. The van der Waals surface area contributed by atoms with Crippen LogP contribution < -0.4 is 5.32 Å². The average molecular weight is 274 g/mol. The zero-order chi connectivity index (χ0) is 14.4. The van der Waals surface area contributed by atoms with Crippen molar-refractivity contribution < 1.29 is 4.92 Å². The summed E-state index contributed by atoms with van der Waals surface area (Å²) in [6.07, 6.45) is 3.43. The van der Waals surface area contributed by atoms with Crippen LogP contribution in [-0.2, 0) is 19.9 Å². The fourth-order valence-corrected chi connectivity index (χ4v) is 2.06. The molecule has 2 rings (SSSR count). The first-order valence-electron chi connectivity index (χ1n) is 6.58. The van der Waals surface area contributed by atoms with Gasteiger partial charge < -0.3 is 5.32 Å². The lowest BCUT2D eigenvalue weighted by molar-refractivity contribution is -0.385. The number of para-hydroxylation sites is 1. The summed E-state index contributed by atoms with van der Waals surface area (Å²) in [4.78, 5) is 10.5. The number of benzene rings is 1. The standard InChI is InChI=1S/C14H18N4O2/c1-17-11-8-13(16-17)7-10-15-9-6-12-4-2-3-5-14(12)18(19)20/h2-5,8,11,15H,6-7,9-10H2,1H3. The van der Waals surface area contributed by atoms with E-state index in [1.165, 1.54) is 0 Å². The zero-order valence-electron chi connectivity index (χ0n) is 11.5. The minimum Gasteiger partial charge on any atom is -0.316 e. The van der Waals surface area contributed by atoms with Gasteiger partial charge in [0.05, 0.1) is 10.6 Å². The van der Waals surface area contributed by atoms with Crippen molar-refractivity contribution in [1.82, 2.24) is 15.1 Å². The molecule has 1 N–H and O–H groups in total. The molecule has 1 aromatic heterocycles. The Bertz CT molecular complexity index is 580. The maximum absolute atomic E-state index is 10.9. The van der Waals surface area contributed by atoms with Gasteiger partial charge in [0.25, 0.3) is 5.69 Å². The molecule has 20 heavy (non-hydrogen) atoms. The van der Waals surface area contributed by atoms with E-state index < -0.39 is 0 Å². The topological polar surface area (TPSA) is 73.0 Å². The minimum atomic E-state index is -0.330. The fraction of sp³-hybridized carbons (Fsp3) is 0.357. The first-order valence-corrected chi connectivity index (χ1v) is 6.58. The predicted molar refractivity (Wildman–Crippen MR) is 76.6 cm³/mol. The molecular formula is C14H18N4O2. The molecule has 0 radical (unpaired) electrons. The van der Waals surface area contributed by atoms with Crippen molar-refractivity contribution in [2.45, 2.75) is 12.8 Å². The Labute approximate surface area is 117 Å². The lowest BCUT2D eigenvalue weighted by Gasteiger charge is -2.04. The van der Waals surface area contributed by atoms with E-state index in [0.29, 0.717) is 6.42 Å². The summed E-state index contributed by atoms with van der Waals surface area (Å²) in [6.45, 7) is 1.54. The summed E-state index contributed by atoms with van der Waals surface area (Å²) < 4.78 is 1.78. The van der Waals surface area contributed by atoms with Crippen LogP contribution in [-0.4, -0.2) is 27.8 Å². The molecule has 6 heteroatoms. The molecule has 1 heterocycles. The molecule has 0 atom stereocenters. The minimum absolute atomic E-state index is 0.194. The van der Waals surface area contributed by atoms with Crippen LogP contribution in [0.1, 0.15) is 11.3 Å². The third-order valence-corrected chi connectivity index (χ3v) is 3.09. The highest BCUT2D eigenvalue weighted by molar-refractivity contribution is 5.39. The van der Waals surface area contributed by atoms with Gasteiger partial charge in [0.2, 0.25) is 0 Å². The van der Waals surface area contributed by atoms with Gasteiger partial charge in [0.1, 0.15) is 0 Å². The number of nitro groups is 1. The van der Waals surface area contributed by atoms with Crippen molar-refractivity contribution in [3.8, 4) is 0 Å². The number of aryl methyl sites for hydroxylation is 1. The van der Waals surface area contributed by atoms with Gasteiger partial charge in [0.15, 0.2) is 0 Å². The van der Waals surface area contributed by atoms with Crippen molar-refractivity contribution in [2.24, 2.45) is 7.05 Å². The fourth-order valence-electron chi connectivity index (χ4n) is 2.06. The number of nitrogens with one attached hydrogen (secondary N) is 1. The van der Waals surface area contributed by atoms with E-state index in [4.69, 9.17) is 0 Å². The van der Waals surface area contributed by atoms with E-state index in [1.807, 2.05) is 25.4 Å². The molecule has 1 aromatic carbocycles. The molecule has 0 aliphatic carbocycles. The zero-order valence-corrected chi connectivity index (χ0v) is 11.5. The quantitative estimate of drug-likeness (QED) is 0.474. The van der Waals surface area contributed by atoms with Crippen LogP contribution in [0.2, 0.25) is 0 Å². The largest absolute Gasteiger partial charge is 0.316 e. The normalized spacial score (nSPS) is 10.7. The molecule has 6 nitrogen and oxygen atoms in total. The lowest BCUT2D eigenvalue weighted by atomic mass is 10.1. The number of nitro benzene ring substituents is 1. The smallest absolute Gasteiger partial charge is 0.272 e. The summed E-state index contributed by atoms with van der Waals surface area (Å²) in [7, 11) is 1.89. The van der Waals surface area contributed by atoms with E-state index in [-0.39, 0.29) is 10.6 Å². The highest BCUT2D eigenvalue weighted by atomic mass is 16.6. The molecule has 0 saturated heterocycles. The van der Waals surface area contributed by atoms with E-state index in [1.54, 1.807) is 22.9 Å². The number of rotatable bonds is 7. The van der Waals surface area contributed by atoms with Crippen molar-refractivity contribution in [3.63, 3.8) is 0 Å². The molecule has 2 aromatic rings. The first-order chi connectivity index (χ1) is 9.66. The lowest BCUT2D eigenvalue weighted by Crippen LogP contribution is -2.20. The van der Waals surface area contributed by atoms with Crippen molar-refractivity contribution >= 4 is 5.69 Å². The van der Waals surface area contributed by atoms with Crippen LogP contribution in [0.4, 0.5) is 5.69 Å². The Morgan fingerprint density at radius 1 is 1.25 bits per heavy atom. The second kappa shape index (κ2) is 6.81. The summed E-state index contributed by atoms with van der Waals surface area (Å²) in [5.41, 5.74) is 2.01. The third-order valence-electron chi connectivity index (χ3n) is 3.09. The predicted octanol–water partition coefficient (Wildman–Crippen LogP) is 1.70. The van der Waals surface area contributed by atoms with Crippen LogP contribution in [0.25, 0.3) is 0 Å². The van der Waals surface area contributed by atoms with Gasteiger partial charge in [-0.25, -0.2) is 0 Å². The molecule has 0 aliphatic heterocycles. The molecule has 0 aliphatic rings. The molecule has 0 amide bonds. The molecule has 0 unspecified atom stereocenters. The van der Waals surface area contributed by atoms with E-state index in [0.717, 1.165) is 30.8 Å². The number of hydrogen-bond acceptors (Lipinski definition) is 4. The van der Waals surface area contributed by atoms with E-state index in [2.05, 4.69) is 10.4 Å². The highest BCUT2D eigenvalue weighted by Gasteiger charge is 2.11. The van der Waals surface area contributed by atoms with Gasteiger partial charge in [-0.05, 0) is 19.0 Å². The van der Waals surface area contributed by atoms with Gasteiger partial charge in [-0.15, -0.1) is 0 Å². The average Bonchev–Trinajstić information content (AvgIpc) is 2.84. The second-order valence-corrected chi connectivity index (χ2v) is 4.62. The van der Waals surface area contributed by atoms with Crippen LogP contribution in [0.15, 0.2) is 36.5 Å².